The maximum Gasteiger partial charge on any atom is 0.469 e. The van der Waals surface area contributed by atoms with Crippen molar-refractivity contribution in [1.82, 2.24) is 19.9 Å². The molecule has 3 heterocycles. The first-order chi connectivity index (χ1) is 16.2. The van der Waals surface area contributed by atoms with Crippen molar-refractivity contribution in [2.75, 3.05) is 19.0 Å². The summed E-state index contributed by atoms with van der Waals surface area (Å²) in [4.78, 5) is 32.8. The van der Waals surface area contributed by atoms with Crippen molar-refractivity contribution in [3.63, 3.8) is 0 Å². The Balaban J connectivity index is 1.50. The molecule has 1 fully saturated rings. The van der Waals surface area contributed by atoms with Crippen LogP contribution in [0.15, 0.2) is 24.8 Å². The molecule has 34 heavy (non-hydrogen) atoms. The number of fused-ring (bicyclic) bond motifs is 1. The average molecular weight is 499 g/mol. The number of aliphatic hydroxyl groups is 2. The molecule has 1 saturated heterocycles. The summed E-state index contributed by atoms with van der Waals surface area (Å²) in [6.45, 7) is -0.586. The number of methoxy groups -OCH3 is 1. The van der Waals surface area contributed by atoms with E-state index in [4.69, 9.17) is 24.0 Å². The molecule has 0 spiro atoms. The van der Waals surface area contributed by atoms with E-state index in [9.17, 15) is 19.9 Å². The van der Waals surface area contributed by atoms with Crippen molar-refractivity contribution >= 4 is 24.8 Å². The number of imidazole rings is 1. The van der Waals surface area contributed by atoms with E-state index in [1.807, 2.05) is 0 Å². The summed E-state index contributed by atoms with van der Waals surface area (Å²) >= 11 is 0. The number of rotatable bonds is 9. The number of benzene rings is 1. The summed E-state index contributed by atoms with van der Waals surface area (Å²) in [7, 11) is -3.46. The molecule has 1 aliphatic rings. The first kappa shape index (κ1) is 24.1. The molecule has 2 aromatic heterocycles. The Morgan fingerprint density at radius 1 is 1.21 bits per heavy atom. The third kappa shape index (κ3) is 5.20. The number of phosphoric acid groups is 1. The topological polar surface area (TPSA) is 222 Å². The van der Waals surface area contributed by atoms with Crippen LogP contribution < -0.4 is 14.8 Å². The molecule has 4 atom stereocenters. The van der Waals surface area contributed by atoms with E-state index in [2.05, 4.69) is 29.8 Å². The number of hydrogen-bond acceptors (Lipinski definition) is 12. The molecule has 1 aliphatic heterocycles. The Hall–Kier alpha value is -3.04. The maximum absolute atomic E-state index is 10.9. The average Bonchev–Trinajstić information content (AvgIpc) is 3.38. The number of anilines is 1. The van der Waals surface area contributed by atoms with Gasteiger partial charge in [0.15, 0.2) is 23.0 Å². The maximum atomic E-state index is 10.9. The zero-order chi connectivity index (χ0) is 24.5. The third-order valence-electron chi connectivity index (χ3n) is 4.99. The summed E-state index contributed by atoms with van der Waals surface area (Å²) in [5.41, 5.74) is 1.37. The molecule has 16 heteroatoms. The fourth-order valence-electron chi connectivity index (χ4n) is 3.33. The number of nitrogens with one attached hydrogen (secondary N) is 2. The van der Waals surface area contributed by atoms with E-state index in [1.54, 1.807) is 0 Å². The Bertz CT molecular complexity index is 1200. The molecule has 1 aromatic carbocycles. The monoisotopic (exact) mass is 499 g/mol. The van der Waals surface area contributed by atoms with Crippen molar-refractivity contribution in [2.45, 2.75) is 31.1 Å². The van der Waals surface area contributed by atoms with Crippen LogP contribution in [0.25, 0.3) is 11.2 Å². The molecule has 184 valence electrons. The summed E-state index contributed by atoms with van der Waals surface area (Å²) in [5.74, 6) is 0.461. The molecule has 0 aliphatic carbocycles. The van der Waals surface area contributed by atoms with Crippen LogP contribution in [-0.4, -0.2) is 83.4 Å². The van der Waals surface area contributed by atoms with E-state index < -0.39 is 39.0 Å². The van der Waals surface area contributed by atoms with Crippen molar-refractivity contribution in [2.24, 2.45) is 0 Å². The van der Waals surface area contributed by atoms with Crippen LogP contribution in [0.2, 0.25) is 0 Å². The van der Waals surface area contributed by atoms with Crippen molar-refractivity contribution in [1.29, 1.82) is 0 Å². The van der Waals surface area contributed by atoms with Gasteiger partial charge < -0.3 is 49.6 Å². The number of phosphoric ester groups is 1. The molecule has 15 nitrogen and oxygen atoms in total. The van der Waals surface area contributed by atoms with E-state index in [0.717, 1.165) is 0 Å². The number of phenols is 1. The molecule has 1 unspecified atom stereocenters. The standard InChI is InChI=1S/C18H22N5O10P/c1-30-10-3-9(32-18-15(26)14(25)11(33-18)5-31-34(27,28)29)2-8(13(10)24)4-19-16-12-17(21-6-20-12)23-7-22-16/h2-3,6-7,11,14-15,18,24-26H,4-5H2,1H3,(H2,27,28,29)(H2,19,20,21,22,23)/t11-,14-,15-,18?/m1/s1. The van der Waals surface area contributed by atoms with Gasteiger partial charge in [0, 0.05) is 18.2 Å². The Labute approximate surface area is 191 Å². The smallest absolute Gasteiger partial charge is 0.469 e. The summed E-state index contributed by atoms with van der Waals surface area (Å²) in [5, 5.41) is 33.9. The third-order valence-corrected chi connectivity index (χ3v) is 5.48. The second-order valence-corrected chi connectivity index (χ2v) is 8.48. The minimum Gasteiger partial charge on any atom is -0.504 e. The highest BCUT2D eigenvalue weighted by Gasteiger charge is 2.45. The Morgan fingerprint density at radius 3 is 2.74 bits per heavy atom. The zero-order valence-corrected chi connectivity index (χ0v) is 18.5. The van der Waals surface area contributed by atoms with Crippen molar-refractivity contribution < 1.29 is 48.4 Å². The van der Waals surface area contributed by atoms with Gasteiger partial charge in [-0.2, -0.15) is 0 Å². The van der Waals surface area contributed by atoms with Gasteiger partial charge in [-0.25, -0.2) is 19.5 Å². The second-order valence-electron chi connectivity index (χ2n) is 7.24. The lowest BCUT2D eigenvalue weighted by Gasteiger charge is -2.19. The molecule has 0 radical (unpaired) electrons. The molecule has 7 N–H and O–H groups in total. The van der Waals surface area contributed by atoms with Crippen LogP contribution in [0, 0.1) is 0 Å². The summed E-state index contributed by atoms with van der Waals surface area (Å²) in [6.07, 6.45) is -2.89. The number of aromatic amines is 1. The molecular weight excluding hydrogens is 477 g/mol. The quantitative estimate of drug-likeness (QED) is 0.186. The summed E-state index contributed by atoms with van der Waals surface area (Å²) in [6, 6.07) is 2.80. The SMILES string of the molecule is COc1cc(OC2O[C@H](COP(=O)(O)O)[C@@H](O)[C@H]2O)cc(CNc2ncnc3nc[nH]c23)c1O. The van der Waals surface area contributed by atoms with Crippen molar-refractivity contribution in [3.05, 3.63) is 30.4 Å². The van der Waals surface area contributed by atoms with E-state index in [1.165, 1.54) is 31.9 Å². The highest BCUT2D eigenvalue weighted by Crippen LogP contribution is 2.39. The second kappa shape index (κ2) is 9.68. The van der Waals surface area contributed by atoms with E-state index >= 15 is 0 Å². The zero-order valence-electron chi connectivity index (χ0n) is 17.6. The van der Waals surface area contributed by atoms with Crippen LogP contribution in [0.3, 0.4) is 0 Å². The van der Waals surface area contributed by atoms with Gasteiger partial charge in [-0.15, -0.1) is 0 Å². The fourth-order valence-corrected chi connectivity index (χ4v) is 3.67. The number of nitrogens with zero attached hydrogens (tertiary/aromatic N) is 3. The normalized spacial score (nSPS) is 22.7. The highest BCUT2D eigenvalue weighted by molar-refractivity contribution is 7.46. The van der Waals surface area contributed by atoms with Gasteiger partial charge in [0.05, 0.1) is 20.0 Å². The van der Waals surface area contributed by atoms with Gasteiger partial charge in [-0.1, -0.05) is 0 Å². The number of aliphatic hydroxyl groups excluding tert-OH is 2. The minimum atomic E-state index is -4.80. The lowest BCUT2D eigenvalue weighted by molar-refractivity contribution is -0.116. The number of aromatic nitrogens is 4. The first-order valence-electron chi connectivity index (χ1n) is 9.82. The Kier molecular flexibility index (Phi) is 6.86. The van der Waals surface area contributed by atoms with Crippen LogP contribution in [0.1, 0.15) is 5.56 Å². The molecule has 0 bridgehead atoms. The van der Waals surface area contributed by atoms with Crippen LogP contribution in [0.4, 0.5) is 5.82 Å². The van der Waals surface area contributed by atoms with E-state index in [0.29, 0.717) is 22.5 Å². The first-order valence-corrected chi connectivity index (χ1v) is 11.4. The number of hydrogen-bond donors (Lipinski definition) is 7. The van der Waals surface area contributed by atoms with Gasteiger partial charge in [-0.3, -0.25) is 4.52 Å². The summed E-state index contributed by atoms with van der Waals surface area (Å²) < 4.78 is 31.4. The largest absolute Gasteiger partial charge is 0.504 e. The number of aromatic hydroxyl groups is 1. The van der Waals surface area contributed by atoms with Crippen LogP contribution in [0.5, 0.6) is 17.2 Å². The minimum absolute atomic E-state index is 0.0677. The molecule has 0 amide bonds. The van der Waals surface area contributed by atoms with Crippen LogP contribution >= 0.6 is 7.82 Å². The molecule has 0 saturated carbocycles. The molecule has 4 rings (SSSR count). The molecular formula is C18H22N5O10P. The fraction of sp³-hybridized carbons (Fsp3) is 0.389. The lowest BCUT2D eigenvalue weighted by atomic mass is 10.1. The highest BCUT2D eigenvalue weighted by atomic mass is 31.2. The lowest BCUT2D eigenvalue weighted by Crippen LogP contribution is -2.35. The van der Waals surface area contributed by atoms with Gasteiger partial charge in [0.1, 0.15) is 35.9 Å². The number of H-pyrrole nitrogens is 1. The van der Waals surface area contributed by atoms with Gasteiger partial charge >= 0.3 is 7.82 Å². The number of ether oxygens (including phenoxy) is 3. The van der Waals surface area contributed by atoms with Gasteiger partial charge in [-0.05, 0) is 6.07 Å². The molecule has 3 aromatic rings. The van der Waals surface area contributed by atoms with Crippen LogP contribution in [-0.2, 0) is 20.4 Å². The number of phenolic OH excluding ortho intramolecular Hbond substituents is 1. The van der Waals surface area contributed by atoms with E-state index in [-0.39, 0.29) is 23.8 Å². The van der Waals surface area contributed by atoms with Gasteiger partial charge in [0.2, 0.25) is 6.29 Å². The van der Waals surface area contributed by atoms with Gasteiger partial charge in [0.25, 0.3) is 0 Å². The Morgan fingerprint density at radius 2 is 2.00 bits per heavy atom. The van der Waals surface area contributed by atoms with Crippen molar-refractivity contribution in [3.8, 4) is 17.2 Å². The predicted molar refractivity (Wildman–Crippen MR) is 113 cm³/mol. The predicted octanol–water partition coefficient (Wildman–Crippen LogP) is -0.386.